The average Bonchev–Trinajstić information content (AvgIpc) is 3.14. The molecule has 50 heavy (non-hydrogen) atoms. The van der Waals surface area contributed by atoms with Crippen molar-refractivity contribution in [2.75, 3.05) is 13.1 Å². The second-order valence-corrected chi connectivity index (χ2v) is 12.8. The topological polar surface area (TPSA) is 105 Å². The van der Waals surface area contributed by atoms with Gasteiger partial charge in [0.25, 0.3) is 0 Å². The zero-order valence-electron chi connectivity index (χ0n) is 28.5. The summed E-state index contributed by atoms with van der Waals surface area (Å²) in [5.41, 5.74) is 3.42. The van der Waals surface area contributed by atoms with Crippen LogP contribution in [0.2, 0.25) is 0 Å². The van der Waals surface area contributed by atoms with E-state index in [1.807, 2.05) is 147 Å². The highest BCUT2D eigenvalue weighted by Crippen LogP contribution is 2.29. The normalized spacial score (nSPS) is 12.9. The van der Waals surface area contributed by atoms with Crippen molar-refractivity contribution in [2.24, 2.45) is 5.92 Å². The van der Waals surface area contributed by atoms with Crippen molar-refractivity contribution >= 4 is 28.7 Å². The summed E-state index contributed by atoms with van der Waals surface area (Å²) in [6.45, 7) is 4.22. The monoisotopic (exact) mass is 672 g/mol. The number of carbonyl (C=O) groups excluding carboxylic acids is 2. The fourth-order valence-corrected chi connectivity index (χ4v) is 5.96. The summed E-state index contributed by atoms with van der Waals surface area (Å²) in [5.74, 6) is -2.35. The molecule has 258 valence electrons. The predicted molar refractivity (Wildman–Crippen MR) is 194 cm³/mol. The van der Waals surface area contributed by atoms with E-state index in [0.717, 1.165) is 33.0 Å². The van der Waals surface area contributed by atoms with Crippen LogP contribution < -0.4 is 5.32 Å². The molecule has 5 aromatic carbocycles. The van der Waals surface area contributed by atoms with E-state index in [2.05, 4.69) is 5.32 Å². The van der Waals surface area contributed by atoms with Gasteiger partial charge in [0.1, 0.15) is 12.6 Å². The highest BCUT2D eigenvalue weighted by atomic mass is 16.6. The third-order valence-corrected chi connectivity index (χ3v) is 8.49. The minimum atomic E-state index is -1.27. The molecule has 0 aromatic heterocycles. The number of hydrogen-bond donors (Lipinski definition) is 2. The van der Waals surface area contributed by atoms with Crippen molar-refractivity contribution in [2.45, 2.75) is 51.5 Å². The van der Waals surface area contributed by atoms with Crippen molar-refractivity contribution in [1.82, 2.24) is 10.2 Å². The minimum Gasteiger partial charge on any atom is -0.480 e. The number of carboxylic acids is 1. The number of nitrogens with one attached hydrogen (secondary N) is 1. The summed E-state index contributed by atoms with van der Waals surface area (Å²) in [5, 5.41) is 15.5. The molecule has 0 radical (unpaired) electrons. The largest absolute Gasteiger partial charge is 0.480 e. The molecule has 0 saturated carbocycles. The summed E-state index contributed by atoms with van der Waals surface area (Å²) in [7, 11) is 0. The maximum absolute atomic E-state index is 14.1. The van der Waals surface area contributed by atoms with Gasteiger partial charge in [-0.1, -0.05) is 147 Å². The number of hydrogen-bond acceptors (Lipinski definition) is 5. The molecule has 8 nitrogen and oxygen atoms in total. The fourth-order valence-electron chi connectivity index (χ4n) is 5.96. The van der Waals surface area contributed by atoms with Crippen LogP contribution in [0.25, 0.3) is 10.8 Å². The van der Waals surface area contributed by atoms with E-state index >= 15 is 0 Å². The van der Waals surface area contributed by atoms with Crippen LogP contribution in [0.15, 0.2) is 133 Å². The third kappa shape index (κ3) is 10.3. The molecule has 3 atom stereocenters. The van der Waals surface area contributed by atoms with Crippen LogP contribution in [0, 0.1) is 5.92 Å². The van der Waals surface area contributed by atoms with E-state index < -0.39 is 36.0 Å². The van der Waals surface area contributed by atoms with Gasteiger partial charge in [-0.05, 0) is 45.4 Å². The van der Waals surface area contributed by atoms with E-state index in [-0.39, 0.29) is 32.2 Å². The Morgan fingerprint density at radius 3 is 1.84 bits per heavy atom. The third-order valence-electron chi connectivity index (χ3n) is 8.49. The minimum absolute atomic E-state index is 0.0137. The summed E-state index contributed by atoms with van der Waals surface area (Å²) < 4.78 is 11.8. The van der Waals surface area contributed by atoms with Gasteiger partial charge < -0.3 is 24.8 Å². The molecule has 2 N–H and O–H groups in total. The van der Waals surface area contributed by atoms with Gasteiger partial charge in [0.2, 0.25) is 0 Å². The van der Waals surface area contributed by atoms with E-state index in [1.54, 1.807) is 0 Å². The van der Waals surface area contributed by atoms with Gasteiger partial charge >= 0.3 is 18.0 Å². The molecule has 0 saturated heterocycles. The summed E-state index contributed by atoms with van der Waals surface area (Å²) >= 11 is 0. The number of esters is 1. The van der Waals surface area contributed by atoms with Gasteiger partial charge in [-0.15, -0.1) is 0 Å². The standard InChI is InChI=1S/C42H44N2O6/c1-30(2)26-44(27-38(49-28-32-16-8-4-9-17-32)41(47)50-29-33-18-10-5-11-19-33)42(48)43-39(40(45)46)37(24-31-14-6-3-7-15-31)36-23-22-34-20-12-13-21-35(34)25-36/h3-23,25,30,37-39H,24,26-29H2,1-2H3,(H,43,48)(H,45,46)/t37?,38-,39-/m0/s1. The van der Waals surface area contributed by atoms with Crippen LogP contribution in [0.3, 0.4) is 0 Å². The van der Waals surface area contributed by atoms with Gasteiger partial charge in [0.15, 0.2) is 6.10 Å². The number of rotatable bonds is 16. The number of amides is 2. The first-order valence-electron chi connectivity index (χ1n) is 16.9. The quantitative estimate of drug-likeness (QED) is 0.105. The molecule has 2 amide bonds. The van der Waals surface area contributed by atoms with E-state index in [4.69, 9.17) is 9.47 Å². The first kappa shape index (κ1) is 35.8. The van der Waals surface area contributed by atoms with Crippen molar-refractivity contribution in [1.29, 1.82) is 0 Å². The van der Waals surface area contributed by atoms with Crippen molar-refractivity contribution in [3.8, 4) is 0 Å². The molecule has 0 fully saturated rings. The Hall–Kier alpha value is -5.47. The van der Waals surface area contributed by atoms with Gasteiger partial charge in [0, 0.05) is 12.5 Å². The number of carbonyl (C=O) groups is 3. The molecular weight excluding hydrogens is 628 g/mol. The first-order chi connectivity index (χ1) is 24.3. The molecule has 0 bridgehead atoms. The molecule has 0 aliphatic carbocycles. The molecule has 0 aliphatic rings. The number of fused-ring (bicyclic) bond motifs is 1. The van der Waals surface area contributed by atoms with Crippen LogP contribution in [0.5, 0.6) is 0 Å². The Labute approximate surface area is 293 Å². The van der Waals surface area contributed by atoms with Crippen molar-refractivity contribution in [3.05, 3.63) is 156 Å². The number of benzene rings is 5. The van der Waals surface area contributed by atoms with Gasteiger partial charge in [-0.25, -0.2) is 14.4 Å². The first-order valence-corrected chi connectivity index (χ1v) is 16.9. The zero-order valence-corrected chi connectivity index (χ0v) is 28.5. The second-order valence-electron chi connectivity index (χ2n) is 12.8. The van der Waals surface area contributed by atoms with Crippen LogP contribution in [-0.4, -0.2) is 53.2 Å². The maximum Gasteiger partial charge on any atom is 0.337 e. The Kier molecular flexibility index (Phi) is 12.7. The highest BCUT2D eigenvalue weighted by Gasteiger charge is 2.34. The number of urea groups is 1. The molecule has 0 aliphatic heterocycles. The fraction of sp³-hybridized carbons (Fsp3) is 0.262. The molecule has 5 rings (SSSR count). The Bertz CT molecular complexity index is 1830. The van der Waals surface area contributed by atoms with Gasteiger partial charge in [-0.3, -0.25) is 0 Å². The summed E-state index contributed by atoms with van der Waals surface area (Å²) in [6.07, 6.45) is -0.734. The predicted octanol–water partition coefficient (Wildman–Crippen LogP) is 7.62. The smallest absolute Gasteiger partial charge is 0.337 e. The summed E-state index contributed by atoms with van der Waals surface area (Å²) in [6, 6.07) is 40.3. The molecular formula is C42H44N2O6. The Morgan fingerprint density at radius 2 is 1.24 bits per heavy atom. The number of aliphatic carboxylic acids is 1. The lowest BCUT2D eigenvalue weighted by Gasteiger charge is -2.32. The van der Waals surface area contributed by atoms with E-state index in [0.29, 0.717) is 6.42 Å². The SMILES string of the molecule is CC(C)CN(C[C@H](OCc1ccccc1)C(=O)OCc1ccccc1)C(=O)N[C@H](C(=O)O)C(Cc1ccccc1)c1ccc2ccccc2c1. The Balaban J connectivity index is 1.41. The number of ether oxygens (including phenoxy) is 2. The molecule has 5 aromatic rings. The van der Waals surface area contributed by atoms with Crippen LogP contribution in [0.1, 0.15) is 42.0 Å². The lowest BCUT2D eigenvalue weighted by Crippen LogP contribution is -2.54. The lowest BCUT2D eigenvalue weighted by molar-refractivity contribution is -0.160. The number of nitrogens with zero attached hydrogens (tertiary/aromatic N) is 1. The van der Waals surface area contributed by atoms with Gasteiger partial charge in [-0.2, -0.15) is 0 Å². The van der Waals surface area contributed by atoms with Crippen LogP contribution in [-0.2, 0) is 38.7 Å². The molecule has 1 unspecified atom stereocenters. The van der Waals surface area contributed by atoms with Gasteiger partial charge in [0.05, 0.1) is 13.2 Å². The van der Waals surface area contributed by atoms with Crippen LogP contribution in [0.4, 0.5) is 4.79 Å². The highest BCUT2D eigenvalue weighted by molar-refractivity contribution is 5.86. The summed E-state index contributed by atoms with van der Waals surface area (Å²) in [4.78, 5) is 42.1. The van der Waals surface area contributed by atoms with E-state index in [9.17, 15) is 19.5 Å². The maximum atomic E-state index is 14.1. The molecule has 0 spiro atoms. The molecule has 0 heterocycles. The lowest BCUT2D eigenvalue weighted by atomic mass is 9.85. The van der Waals surface area contributed by atoms with Crippen molar-refractivity contribution < 1.29 is 29.0 Å². The van der Waals surface area contributed by atoms with Crippen molar-refractivity contribution in [3.63, 3.8) is 0 Å². The Morgan fingerprint density at radius 1 is 0.680 bits per heavy atom. The zero-order chi connectivity index (χ0) is 35.3. The molecule has 8 heteroatoms. The van der Waals surface area contributed by atoms with Crippen LogP contribution >= 0.6 is 0 Å². The second kappa shape index (κ2) is 17.8. The van der Waals surface area contributed by atoms with E-state index in [1.165, 1.54) is 4.90 Å². The average molecular weight is 673 g/mol. The number of carboxylic acid groups (broad SMARTS) is 1.